The molecule has 0 aliphatic heterocycles. The molecule has 0 fully saturated rings. The number of carbonyl (C=O) groups excluding carboxylic acids is 1. The minimum Gasteiger partial charge on any atom is -0.353 e. The predicted molar refractivity (Wildman–Crippen MR) is 124 cm³/mol. The van der Waals surface area contributed by atoms with Gasteiger partial charge in [-0.1, -0.05) is 47.0 Å². The van der Waals surface area contributed by atoms with Gasteiger partial charge in [-0.3, -0.25) is 9.10 Å². The molecule has 0 spiro atoms. The maximum atomic E-state index is 12.5. The molecule has 0 unspecified atom stereocenters. The first-order valence-electron chi connectivity index (χ1n) is 8.95. The maximum Gasteiger partial charge on any atom is 0.243 e. The number of halogens is 2. The summed E-state index contributed by atoms with van der Waals surface area (Å²) in [4.78, 5) is 12.5. The lowest BCUT2D eigenvalue weighted by atomic mass is 10.2. The van der Waals surface area contributed by atoms with Crippen LogP contribution in [0.3, 0.4) is 0 Å². The van der Waals surface area contributed by atoms with E-state index in [0.29, 0.717) is 33.8 Å². The fourth-order valence-corrected chi connectivity index (χ4v) is 5.31. The molecule has 0 saturated carbocycles. The van der Waals surface area contributed by atoms with E-state index in [4.69, 9.17) is 23.2 Å². The molecule has 0 saturated heterocycles. The second-order valence-corrected chi connectivity index (χ2v) is 10.5. The quantitative estimate of drug-likeness (QED) is 0.543. The van der Waals surface area contributed by atoms with Crippen LogP contribution >= 0.6 is 35.0 Å². The van der Waals surface area contributed by atoms with Gasteiger partial charge in [0.2, 0.25) is 15.9 Å². The van der Waals surface area contributed by atoms with E-state index in [9.17, 15) is 13.2 Å². The van der Waals surface area contributed by atoms with Gasteiger partial charge >= 0.3 is 0 Å². The molecule has 0 bridgehead atoms. The average Bonchev–Trinajstić information content (AvgIpc) is 2.63. The summed E-state index contributed by atoms with van der Waals surface area (Å²) in [6.07, 6.45) is 1.10. The van der Waals surface area contributed by atoms with E-state index >= 15 is 0 Å². The summed E-state index contributed by atoms with van der Waals surface area (Å²) in [5.41, 5.74) is 2.45. The zero-order valence-corrected chi connectivity index (χ0v) is 19.6. The Morgan fingerprint density at radius 1 is 1.17 bits per heavy atom. The van der Waals surface area contributed by atoms with Crippen LogP contribution in [0.2, 0.25) is 10.0 Å². The van der Waals surface area contributed by atoms with Crippen LogP contribution in [-0.2, 0) is 20.6 Å². The van der Waals surface area contributed by atoms with Crippen LogP contribution in [0.25, 0.3) is 0 Å². The molecule has 1 amide bonds. The van der Waals surface area contributed by atoms with Crippen LogP contribution in [0, 0.1) is 6.92 Å². The highest BCUT2D eigenvalue weighted by molar-refractivity contribution is 7.98. The first-order valence-corrected chi connectivity index (χ1v) is 12.7. The second kappa shape index (κ2) is 10.6. The number of sulfonamides is 1. The van der Waals surface area contributed by atoms with Crippen molar-refractivity contribution in [2.45, 2.75) is 25.6 Å². The zero-order chi connectivity index (χ0) is 21.6. The van der Waals surface area contributed by atoms with Crippen LogP contribution in [0.4, 0.5) is 5.69 Å². The van der Waals surface area contributed by atoms with Crippen LogP contribution in [0.15, 0.2) is 42.5 Å². The molecular formula is C20H24Cl2N2O3S2. The Hall–Kier alpha value is -1.41. The fourth-order valence-electron chi connectivity index (χ4n) is 2.72. The van der Waals surface area contributed by atoms with E-state index in [1.807, 2.05) is 25.1 Å². The van der Waals surface area contributed by atoms with Gasteiger partial charge in [0.15, 0.2) is 0 Å². The lowest BCUT2D eigenvalue weighted by Crippen LogP contribution is -2.48. The van der Waals surface area contributed by atoms with E-state index in [1.165, 1.54) is 0 Å². The first kappa shape index (κ1) is 23.9. The van der Waals surface area contributed by atoms with Gasteiger partial charge in [0, 0.05) is 28.1 Å². The number of hydrogen-bond acceptors (Lipinski definition) is 4. The van der Waals surface area contributed by atoms with Crippen molar-refractivity contribution >= 4 is 56.6 Å². The van der Waals surface area contributed by atoms with E-state index in [0.717, 1.165) is 21.7 Å². The van der Waals surface area contributed by atoms with Crippen molar-refractivity contribution in [1.82, 2.24) is 5.32 Å². The lowest BCUT2D eigenvalue weighted by Gasteiger charge is -2.28. The van der Waals surface area contributed by atoms with Crippen molar-refractivity contribution in [3.05, 3.63) is 63.6 Å². The summed E-state index contributed by atoms with van der Waals surface area (Å²) in [5.74, 6) is 1.02. The molecule has 0 aliphatic carbocycles. The topological polar surface area (TPSA) is 66.5 Å². The number of nitrogens with zero attached hydrogens (tertiary/aromatic N) is 1. The highest BCUT2D eigenvalue weighted by Gasteiger charge is 2.28. The van der Waals surface area contributed by atoms with Gasteiger partial charge in [0.1, 0.15) is 6.04 Å². The normalized spacial score (nSPS) is 12.4. The van der Waals surface area contributed by atoms with Gasteiger partial charge in [0.05, 0.1) is 11.9 Å². The number of hydrogen-bond donors (Lipinski definition) is 1. The van der Waals surface area contributed by atoms with Crippen LogP contribution < -0.4 is 9.62 Å². The van der Waals surface area contributed by atoms with Gasteiger partial charge < -0.3 is 5.32 Å². The van der Waals surface area contributed by atoms with Crippen molar-refractivity contribution in [2.75, 3.05) is 22.9 Å². The molecule has 9 heteroatoms. The van der Waals surface area contributed by atoms with Gasteiger partial charge in [0.25, 0.3) is 0 Å². The van der Waals surface area contributed by atoms with Gasteiger partial charge in [-0.2, -0.15) is 11.8 Å². The Morgan fingerprint density at radius 3 is 2.41 bits per heavy atom. The van der Waals surface area contributed by atoms with Crippen molar-refractivity contribution in [2.24, 2.45) is 0 Å². The van der Waals surface area contributed by atoms with Crippen molar-refractivity contribution < 1.29 is 13.2 Å². The third kappa shape index (κ3) is 7.10. The molecule has 2 rings (SSSR count). The summed E-state index contributed by atoms with van der Waals surface area (Å²) >= 11 is 13.7. The Balaban J connectivity index is 1.90. The minimum atomic E-state index is -3.61. The molecular weight excluding hydrogens is 451 g/mol. The van der Waals surface area contributed by atoms with E-state index in [-0.39, 0.29) is 5.91 Å². The summed E-state index contributed by atoms with van der Waals surface area (Å²) in [7, 11) is -3.61. The number of carbonyl (C=O) groups is 1. The van der Waals surface area contributed by atoms with Crippen LogP contribution in [0.1, 0.15) is 18.1 Å². The van der Waals surface area contributed by atoms with E-state index in [1.54, 1.807) is 43.0 Å². The summed E-state index contributed by atoms with van der Waals surface area (Å²) in [5, 5.41) is 4.01. The third-order valence-electron chi connectivity index (χ3n) is 4.20. The van der Waals surface area contributed by atoms with E-state index < -0.39 is 16.1 Å². The van der Waals surface area contributed by atoms with Crippen molar-refractivity contribution in [3.8, 4) is 0 Å². The first-order chi connectivity index (χ1) is 13.6. The Kier molecular flexibility index (Phi) is 8.70. The van der Waals surface area contributed by atoms with E-state index in [2.05, 4.69) is 5.32 Å². The van der Waals surface area contributed by atoms with Crippen molar-refractivity contribution in [1.29, 1.82) is 0 Å². The molecule has 5 nitrogen and oxygen atoms in total. The molecule has 29 heavy (non-hydrogen) atoms. The summed E-state index contributed by atoms with van der Waals surface area (Å²) in [6.45, 7) is 3.92. The molecule has 0 radical (unpaired) electrons. The SMILES string of the molecule is Cc1ccc(N([C@@H](C)C(=O)NCCSCc2ccc(Cl)cc2Cl)S(C)(=O)=O)cc1. The smallest absolute Gasteiger partial charge is 0.243 e. The number of amides is 1. The van der Waals surface area contributed by atoms with Crippen molar-refractivity contribution in [3.63, 3.8) is 0 Å². The van der Waals surface area contributed by atoms with Gasteiger partial charge in [-0.05, 0) is 43.7 Å². The van der Waals surface area contributed by atoms with Crippen LogP contribution in [0.5, 0.6) is 0 Å². The number of rotatable bonds is 9. The number of thioether (sulfide) groups is 1. The largest absolute Gasteiger partial charge is 0.353 e. The van der Waals surface area contributed by atoms with Gasteiger partial charge in [-0.15, -0.1) is 0 Å². The van der Waals surface area contributed by atoms with Gasteiger partial charge in [-0.25, -0.2) is 8.42 Å². The number of aryl methyl sites for hydroxylation is 1. The molecule has 1 N–H and O–H groups in total. The predicted octanol–water partition coefficient (Wildman–Crippen LogP) is 4.51. The fraction of sp³-hybridized carbons (Fsp3) is 0.350. The minimum absolute atomic E-state index is 0.346. The Morgan fingerprint density at radius 2 is 1.83 bits per heavy atom. The number of anilines is 1. The Labute approximate surface area is 186 Å². The summed E-state index contributed by atoms with van der Waals surface area (Å²) in [6, 6.07) is 11.5. The third-order valence-corrected chi connectivity index (χ3v) is 7.03. The maximum absolute atomic E-state index is 12.5. The molecule has 0 heterocycles. The molecule has 0 aromatic heterocycles. The number of nitrogens with one attached hydrogen (secondary N) is 1. The molecule has 2 aromatic carbocycles. The standard InChI is InChI=1S/C20H24Cl2N2O3S2/c1-14-4-8-18(9-5-14)24(29(3,26)27)15(2)20(25)23-10-11-28-13-16-6-7-17(21)12-19(16)22/h4-9,12,15H,10-11,13H2,1-3H3,(H,23,25)/t15-/m0/s1. The molecule has 1 atom stereocenters. The lowest BCUT2D eigenvalue weighted by molar-refractivity contribution is -0.121. The highest BCUT2D eigenvalue weighted by Crippen LogP contribution is 2.25. The molecule has 158 valence electrons. The monoisotopic (exact) mass is 474 g/mol. The number of benzene rings is 2. The molecule has 2 aromatic rings. The second-order valence-electron chi connectivity index (χ2n) is 6.65. The molecule has 0 aliphatic rings. The summed E-state index contributed by atoms with van der Waals surface area (Å²) < 4.78 is 25.7. The Bertz CT molecular complexity index is 951. The van der Waals surface area contributed by atoms with Crippen LogP contribution in [-0.4, -0.2) is 38.9 Å². The zero-order valence-electron chi connectivity index (χ0n) is 16.5. The highest BCUT2D eigenvalue weighted by atomic mass is 35.5. The average molecular weight is 475 g/mol.